The Hall–Kier alpha value is -2.58. The summed E-state index contributed by atoms with van der Waals surface area (Å²) in [7, 11) is 0. The van der Waals surface area contributed by atoms with Crippen LogP contribution in [0.15, 0.2) is 57.8 Å². The molecular formula is C19H17BrN4O3. The first kappa shape index (κ1) is 17.8. The summed E-state index contributed by atoms with van der Waals surface area (Å²) in [5.41, 5.74) is 1.40. The fourth-order valence-corrected chi connectivity index (χ4v) is 3.41. The standard InChI is InChI=1S/C19H17BrN4O3/c20-15-3-1-12(2-4-15)16(25)19(26)24-10-7-14(11-24)18-22-17(23-27-18)13-5-8-21-9-6-13/h1-6,8-9,14,16,25H,7,10-11H2. The second kappa shape index (κ2) is 7.58. The van der Waals surface area contributed by atoms with Gasteiger partial charge in [0.1, 0.15) is 0 Å². The molecule has 3 aromatic rings. The van der Waals surface area contributed by atoms with Crippen LogP contribution in [0.3, 0.4) is 0 Å². The number of halogens is 1. The summed E-state index contributed by atoms with van der Waals surface area (Å²) < 4.78 is 6.30. The van der Waals surface area contributed by atoms with E-state index in [1.54, 1.807) is 41.6 Å². The van der Waals surface area contributed by atoms with Gasteiger partial charge in [0.15, 0.2) is 6.10 Å². The van der Waals surface area contributed by atoms with E-state index in [4.69, 9.17) is 4.52 Å². The van der Waals surface area contributed by atoms with Gasteiger partial charge in [0.05, 0.1) is 5.92 Å². The Kier molecular flexibility index (Phi) is 5.00. The van der Waals surface area contributed by atoms with E-state index in [1.165, 1.54) is 0 Å². The second-order valence-electron chi connectivity index (χ2n) is 6.42. The normalized spacial score (nSPS) is 17.9. The minimum absolute atomic E-state index is 0.0332. The maximum absolute atomic E-state index is 12.6. The number of pyridine rings is 1. The summed E-state index contributed by atoms with van der Waals surface area (Å²) >= 11 is 3.35. The monoisotopic (exact) mass is 428 g/mol. The van der Waals surface area contributed by atoms with Crippen molar-refractivity contribution in [3.05, 3.63) is 64.7 Å². The van der Waals surface area contributed by atoms with Crippen LogP contribution in [0, 0.1) is 0 Å². The van der Waals surface area contributed by atoms with Crippen molar-refractivity contribution in [2.45, 2.75) is 18.4 Å². The molecule has 0 bridgehead atoms. The predicted molar refractivity (Wildman–Crippen MR) is 101 cm³/mol. The number of hydrogen-bond donors (Lipinski definition) is 1. The highest BCUT2D eigenvalue weighted by molar-refractivity contribution is 9.10. The summed E-state index contributed by atoms with van der Waals surface area (Å²) in [6.45, 7) is 0.995. The maximum atomic E-state index is 12.6. The van der Waals surface area contributed by atoms with Gasteiger partial charge in [0.25, 0.3) is 5.91 Å². The summed E-state index contributed by atoms with van der Waals surface area (Å²) in [6.07, 6.45) is 2.89. The average Bonchev–Trinajstić information content (AvgIpc) is 3.38. The molecule has 2 atom stereocenters. The molecule has 2 unspecified atom stereocenters. The Morgan fingerprint density at radius 2 is 1.96 bits per heavy atom. The molecule has 0 spiro atoms. The molecule has 138 valence electrons. The molecule has 1 fully saturated rings. The summed E-state index contributed by atoms with van der Waals surface area (Å²) in [5, 5.41) is 14.4. The van der Waals surface area contributed by atoms with Gasteiger partial charge in [-0.2, -0.15) is 4.98 Å². The van der Waals surface area contributed by atoms with Gasteiger partial charge in [0.2, 0.25) is 11.7 Å². The quantitative estimate of drug-likeness (QED) is 0.686. The Labute approximate surface area is 164 Å². The van der Waals surface area contributed by atoms with Gasteiger partial charge in [-0.25, -0.2) is 0 Å². The zero-order valence-corrected chi connectivity index (χ0v) is 15.9. The van der Waals surface area contributed by atoms with Crippen LogP contribution in [0.5, 0.6) is 0 Å². The lowest BCUT2D eigenvalue weighted by molar-refractivity contribution is -0.139. The predicted octanol–water partition coefficient (Wildman–Crippen LogP) is 2.94. The maximum Gasteiger partial charge on any atom is 0.256 e. The molecule has 3 heterocycles. The lowest BCUT2D eigenvalue weighted by atomic mass is 10.1. The zero-order chi connectivity index (χ0) is 18.8. The average molecular weight is 429 g/mol. The van der Waals surface area contributed by atoms with Crippen LogP contribution in [0.25, 0.3) is 11.4 Å². The number of carbonyl (C=O) groups excluding carboxylic acids is 1. The van der Waals surface area contributed by atoms with Crippen LogP contribution in [0.1, 0.15) is 29.9 Å². The summed E-state index contributed by atoms with van der Waals surface area (Å²) in [5.74, 6) is 0.671. The third kappa shape index (κ3) is 3.77. The van der Waals surface area contributed by atoms with E-state index < -0.39 is 6.10 Å². The van der Waals surface area contributed by atoms with Crippen molar-refractivity contribution in [2.24, 2.45) is 0 Å². The van der Waals surface area contributed by atoms with Crippen LogP contribution >= 0.6 is 15.9 Å². The van der Waals surface area contributed by atoms with Gasteiger partial charge in [-0.1, -0.05) is 33.2 Å². The number of carbonyl (C=O) groups is 1. The summed E-state index contributed by atoms with van der Waals surface area (Å²) in [4.78, 5) is 22.7. The first-order valence-electron chi connectivity index (χ1n) is 8.58. The van der Waals surface area contributed by atoms with E-state index in [9.17, 15) is 9.90 Å². The zero-order valence-electron chi connectivity index (χ0n) is 14.3. The van der Waals surface area contributed by atoms with Crippen molar-refractivity contribution in [3.8, 4) is 11.4 Å². The lowest BCUT2D eigenvalue weighted by Crippen LogP contribution is -2.33. The van der Waals surface area contributed by atoms with Crippen LogP contribution in [0.4, 0.5) is 0 Å². The molecule has 27 heavy (non-hydrogen) atoms. The molecule has 8 heteroatoms. The fraction of sp³-hybridized carbons (Fsp3) is 0.263. The van der Waals surface area contributed by atoms with E-state index in [1.807, 2.05) is 12.1 Å². The van der Waals surface area contributed by atoms with Crippen LogP contribution in [0.2, 0.25) is 0 Å². The van der Waals surface area contributed by atoms with Crippen molar-refractivity contribution in [3.63, 3.8) is 0 Å². The highest BCUT2D eigenvalue weighted by Crippen LogP contribution is 2.29. The largest absolute Gasteiger partial charge is 0.378 e. The Morgan fingerprint density at radius 1 is 1.22 bits per heavy atom. The van der Waals surface area contributed by atoms with Crippen LogP contribution in [-0.4, -0.2) is 44.1 Å². The molecule has 0 aliphatic carbocycles. The number of likely N-dealkylation sites (tertiary alicyclic amines) is 1. The molecule has 4 rings (SSSR count). The number of amides is 1. The van der Waals surface area contributed by atoms with Gasteiger partial charge < -0.3 is 14.5 Å². The molecule has 1 aliphatic rings. The van der Waals surface area contributed by atoms with E-state index in [2.05, 4.69) is 31.1 Å². The number of rotatable bonds is 4. The van der Waals surface area contributed by atoms with Crippen molar-refractivity contribution in [1.29, 1.82) is 0 Å². The molecular weight excluding hydrogens is 412 g/mol. The first-order chi connectivity index (χ1) is 13.1. The highest BCUT2D eigenvalue weighted by Gasteiger charge is 2.34. The van der Waals surface area contributed by atoms with Crippen molar-refractivity contribution >= 4 is 21.8 Å². The third-order valence-corrected chi connectivity index (χ3v) is 5.18. The SMILES string of the molecule is O=C(C(O)c1ccc(Br)cc1)N1CCC(c2nc(-c3ccncc3)no2)C1. The first-order valence-corrected chi connectivity index (χ1v) is 9.37. The number of hydrogen-bond acceptors (Lipinski definition) is 6. The molecule has 1 saturated heterocycles. The number of nitrogens with zero attached hydrogens (tertiary/aromatic N) is 4. The molecule has 7 nitrogen and oxygen atoms in total. The Bertz CT molecular complexity index is 930. The van der Waals surface area contributed by atoms with Crippen molar-refractivity contribution < 1.29 is 14.4 Å². The van der Waals surface area contributed by atoms with Crippen LogP contribution < -0.4 is 0 Å². The molecule has 0 saturated carbocycles. The minimum atomic E-state index is -1.17. The number of aliphatic hydroxyl groups excluding tert-OH is 1. The second-order valence-corrected chi connectivity index (χ2v) is 7.33. The van der Waals surface area contributed by atoms with Gasteiger partial charge in [-0.05, 0) is 36.2 Å². The van der Waals surface area contributed by atoms with Crippen molar-refractivity contribution in [1.82, 2.24) is 20.0 Å². The number of aromatic nitrogens is 3. The molecule has 1 aliphatic heterocycles. The topological polar surface area (TPSA) is 92.3 Å². The molecule has 0 radical (unpaired) electrons. The van der Waals surface area contributed by atoms with Gasteiger partial charge in [0, 0.05) is 35.5 Å². The van der Waals surface area contributed by atoms with Gasteiger partial charge >= 0.3 is 0 Å². The van der Waals surface area contributed by atoms with E-state index in [0.29, 0.717) is 30.4 Å². The molecule has 1 aromatic carbocycles. The Balaban J connectivity index is 1.43. The molecule has 2 aromatic heterocycles. The highest BCUT2D eigenvalue weighted by atomic mass is 79.9. The van der Waals surface area contributed by atoms with Crippen molar-refractivity contribution in [2.75, 3.05) is 13.1 Å². The van der Waals surface area contributed by atoms with Gasteiger partial charge in [-0.3, -0.25) is 9.78 Å². The Morgan fingerprint density at radius 3 is 2.70 bits per heavy atom. The molecule has 1 N–H and O–H groups in total. The smallest absolute Gasteiger partial charge is 0.256 e. The number of aliphatic hydroxyl groups is 1. The van der Waals surface area contributed by atoms with Gasteiger partial charge in [-0.15, -0.1) is 0 Å². The lowest BCUT2D eigenvalue weighted by Gasteiger charge is -2.20. The van der Waals surface area contributed by atoms with E-state index >= 15 is 0 Å². The fourth-order valence-electron chi connectivity index (χ4n) is 3.14. The number of benzene rings is 1. The minimum Gasteiger partial charge on any atom is -0.378 e. The van der Waals surface area contributed by atoms with E-state index in [0.717, 1.165) is 16.5 Å². The third-order valence-electron chi connectivity index (χ3n) is 4.65. The molecule has 1 amide bonds. The van der Waals surface area contributed by atoms with Crippen LogP contribution in [-0.2, 0) is 4.79 Å². The van der Waals surface area contributed by atoms with E-state index in [-0.39, 0.29) is 11.8 Å². The summed E-state index contributed by atoms with van der Waals surface area (Å²) in [6, 6.07) is 10.7.